The van der Waals surface area contributed by atoms with E-state index in [0.29, 0.717) is 10.9 Å². The number of aromatic amines is 1. The van der Waals surface area contributed by atoms with Gasteiger partial charge in [-0.25, -0.2) is 4.79 Å². The molecule has 26 heavy (non-hydrogen) atoms. The zero-order valence-corrected chi connectivity index (χ0v) is 13.9. The first-order valence-corrected chi connectivity index (χ1v) is 7.94. The lowest BCUT2D eigenvalue weighted by Gasteiger charge is -2.11. The van der Waals surface area contributed by atoms with Gasteiger partial charge in [-0.05, 0) is 31.2 Å². The highest BCUT2D eigenvalue weighted by atomic mass is 16.5. The van der Waals surface area contributed by atoms with Crippen LogP contribution in [0.1, 0.15) is 27.6 Å². The fourth-order valence-electron chi connectivity index (χ4n) is 2.60. The number of H-pyrrole nitrogens is 1. The molecule has 0 atom stereocenters. The molecule has 3 rings (SSSR count). The van der Waals surface area contributed by atoms with E-state index in [0.717, 1.165) is 0 Å². The molecule has 0 fully saturated rings. The predicted molar refractivity (Wildman–Crippen MR) is 96.6 cm³/mol. The number of fused-ring (bicyclic) bond motifs is 1. The summed E-state index contributed by atoms with van der Waals surface area (Å²) in [7, 11) is 0. The lowest BCUT2D eigenvalue weighted by molar-refractivity contribution is 0.0527. The normalized spacial score (nSPS) is 10.5. The van der Waals surface area contributed by atoms with Crippen molar-refractivity contribution in [1.29, 1.82) is 0 Å². The van der Waals surface area contributed by atoms with E-state index in [2.05, 4.69) is 10.3 Å². The topological polar surface area (TPSA) is 108 Å². The van der Waals surface area contributed by atoms with E-state index in [1.165, 1.54) is 12.1 Å². The third kappa shape index (κ3) is 3.14. The average molecular weight is 352 g/mol. The second kappa shape index (κ2) is 7.10. The van der Waals surface area contributed by atoms with Crippen LogP contribution in [0.25, 0.3) is 10.9 Å². The zero-order valence-electron chi connectivity index (χ0n) is 13.9. The van der Waals surface area contributed by atoms with E-state index < -0.39 is 28.7 Å². The summed E-state index contributed by atoms with van der Waals surface area (Å²) < 4.78 is 4.95. The van der Waals surface area contributed by atoms with Crippen molar-refractivity contribution in [3.63, 3.8) is 0 Å². The Morgan fingerprint density at radius 1 is 1.12 bits per heavy atom. The lowest BCUT2D eigenvalue weighted by Crippen LogP contribution is -2.24. The number of amides is 1. The summed E-state index contributed by atoms with van der Waals surface area (Å²) in [6.45, 7) is 1.86. The van der Waals surface area contributed by atoms with Crippen molar-refractivity contribution >= 4 is 28.5 Å². The molecule has 132 valence electrons. The van der Waals surface area contributed by atoms with Gasteiger partial charge in [0.15, 0.2) is 0 Å². The molecule has 2 aromatic carbocycles. The molecule has 7 heteroatoms. The number of hydrogen-bond acceptors (Lipinski definition) is 5. The van der Waals surface area contributed by atoms with Gasteiger partial charge in [-0.2, -0.15) is 0 Å². The Balaban J connectivity index is 2.01. The fourth-order valence-corrected chi connectivity index (χ4v) is 2.60. The Hall–Kier alpha value is -3.61. The molecule has 0 aliphatic carbocycles. The second-order valence-electron chi connectivity index (χ2n) is 5.44. The molecule has 7 nitrogen and oxygen atoms in total. The molecule has 0 unspecified atom stereocenters. The molecule has 3 N–H and O–H groups in total. The van der Waals surface area contributed by atoms with Crippen molar-refractivity contribution in [1.82, 2.24) is 4.98 Å². The number of carbonyl (C=O) groups is 2. The molecule has 1 heterocycles. The number of nitrogens with one attached hydrogen (secondary N) is 2. The van der Waals surface area contributed by atoms with Gasteiger partial charge in [0.05, 0.1) is 23.4 Å². The average Bonchev–Trinajstić information content (AvgIpc) is 2.62. The number of esters is 1. The van der Waals surface area contributed by atoms with E-state index in [1.807, 2.05) is 0 Å². The number of ether oxygens (including phenoxy) is 1. The standard InChI is InChI=1S/C19H16N2O5/c1-2-26-19(25)12-8-4-6-10-14(12)21-18(24)15-16(22)11-7-3-5-9-13(11)20-17(15)23/h3-10H,2H2,1H3,(H,21,24)(H2,20,22,23). The van der Waals surface area contributed by atoms with E-state index in [-0.39, 0.29) is 17.9 Å². The molecule has 0 saturated heterocycles. The van der Waals surface area contributed by atoms with Crippen LogP contribution in [0.2, 0.25) is 0 Å². The molecular formula is C19H16N2O5. The van der Waals surface area contributed by atoms with Gasteiger partial charge in [-0.3, -0.25) is 9.59 Å². The molecule has 0 spiro atoms. The summed E-state index contributed by atoms with van der Waals surface area (Å²) in [6.07, 6.45) is 0. The quantitative estimate of drug-likeness (QED) is 0.626. The summed E-state index contributed by atoms with van der Waals surface area (Å²) in [4.78, 5) is 39.4. The number of rotatable bonds is 4. The summed E-state index contributed by atoms with van der Waals surface area (Å²) >= 11 is 0. The van der Waals surface area contributed by atoms with Gasteiger partial charge in [0.1, 0.15) is 11.3 Å². The SMILES string of the molecule is CCOC(=O)c1ccccc1NC(=O)c1c(O)c2ccccc2[nH]c1=O. The minimum absolute atomic E-state index is 0.152. The number of hydrogen-bond donors (Lipinski definition) is 3. The third-order valence-corrected chi connectivity index (χ3v) is 3.79. The van der Waals surface area contributed by atoms with Crippen molar-refractivity contribution < 1.29 is 19.4 Å². The van der Waals surface area contributed by atoms with Gasteiger partial charge in [0.2, 0.25) is 0 Å². The number of benzene rings is 2. The minimum atomic E-state index is -0.828. The fraction of sp³-hybridized carbons (Fsp3) is 0.105. The molecule has 1 aromatic heterocycles. The van der Waals surface area contributed by atoms with Gasteiger partial charge < -0.3 is 20.1 Å². The third-order valence-electron chi connectivity index (χ3n) is 3.79. The van der Waals surface area contributed by atoms with Crippen molar-refractivity contribution in [2.24, 2.45) is 0 Å². The van der Waals surface area contributed by atoms with Gasteiger partial charge in [-0.15, -0.1) is 0 Å². The molecule has 0 radical (unpaired) electrons. The Labute approximate surface area is 148 Å². The van der Waals surface area contributed by atoms with E-state index in [1.54, 1.807) is 43.3 Å². The van der Waals surface area contributed by atoms with Crippen LogP contribution in [0.15, 0.2) is 53.3 Å². The highest BCUT2D eigenvalue weighted by molar-refractivity contribution is 6.11. The number of carbonyl (C=O) groups excluding carboxylic acids is 2. The number of aromatic nitrogens is 1. The van der Waals surface area contributed by atoms with E-state index in [9.17, 15) is 19.5 Å². The van der Waals surface area contributed by atoms with E-state index in [4.69, 9.17) is 4.74 Å². The maximum atomic E-state index is 12.6. The second-order valence-corrected chi connectivity index (χ2v) is 5.44. The molecule has 0 aliphatic heterocycles. The van der Waals surface area contributed by atoms with Crippen LogP contribution in [-0.2, 0) is 4.74 Å². The van der Waals surface area contributed by atoms with Crippen LogP contribution in [0.3, 0.4) is 0 Å². The monoisotopic (exact) mass is 352 g/mol. The predicted octanol–water partition coefficient (Wildman–Crippen LogP) is 2.66. The highest BCUT2D eigenvalue weighted by Crippen LogP contribution is 2.25. The van der Waals surface area contributed by atoms with Gasteiger partial charge in [-0.1, -0.05) is 24.3 Å². The minimum Gasteiger partial charge on any atom is -0.506 e. The number of aromatic hydroxyl groups is 1. The lowest BCUT2D eigenvalue weighted by atomic mass is 10.1. The molecule has 3 aromatic rings. The summed E-state index contributed by atoms with van der Waals surface area (Å²) in [6, 6.07) is 12.9. The smallest absolute Gasteiger partial charge is 0.340 e. The Bertz CT molecular complexity index is 1060. The highest BCUT2D eigenvalue weighted by Gasteiger charge is 2.21. The van der Waals surface area contributed by atoms with Gasteiger partial charge in [0, 0.05) is 5.39 Å². The maximum Gasteiger partial charge on any atom is 0.340 e. The van der Waals surface area contributed by atoms with Crippen molar-refractivity contribution in [2.75, 3.05) is 11.9 Å². The molecule has 0 aliphatic rings. The Morgan fingerprint density at radius 3 is 2.58 bits per heavy atom. The number of anilines is 1. The van der Waals surface area contributed by atoms with Crippen molar-refractivity contribution in [3.05, 3.63) is 70.0 Å². The van der Waals surface area contributed by atoms with Gasteiger partial charge in [0.25, 0.3) is 11.5 Å². The summed E-state index contributed by atoms with van der Waals surface area (Å²) in [5.74, 6) is -1.85. The van der Waals surface area contributed by atoms with E-state index >= 15 is 0 Å². The first-order chi connectivity index (χ1) is 12.5. The largest absolute Gasteiger partial charge is 0.506 e. The van der Waals surface area contributed by atoms with Crippen LogP contribution in [0.4, 0.5) is 5.69 Å². The Morgan fingerprint density at radius 2 is 1.81 bits per heavy atom. The van der Waals surface area contributed by atoms with Crippen LogP contribution in [0, 0.1) is 0 Å². The van der Waals surface area contributed by atoms with Crippen LogP contribution in [-0.4, -0.2) is 28.6 Å². The molecule has 1 amide bonds. The molecular weight excluding hydrogens is 336 g/mol. The van der Waals surface area contributed by atoms with Gasteiger partial charge >= 0.3 is 5.97 Å². The molecule has 0 saturated carbocycles. The molecule has 0 bridgehead atoms. The maximum absolute atomic E-state index is 12.6. The first-order valence-electron chi connectivity index (χ1n) is 7.94. The number of pyridine rings is 1. The van der Waals surface area contributed by atoms with Crippen molar-refractivity contribution in [2.45, 2.75) is 6.92 Å². The zero-order chi connectivity index (χ0) is 18.7. The van der Waals surface area contributed by atoms with Crippen molar-refractivity contribution in [3.8, 4) is 5.75 Å². The Kier molecular flexibility index (Phi) is 4.70. The summed E-state index contributed by atoms with van der Waals surface area (Å²) in [5, 5.41) is 13.2. The van der Waals surface area contributed by atoms with Crippen LogP contribution in [0.5, 0.6) is 5.75 Å². The first kappa shape index (κ1) is 17.2. The number of para-hydroxylation sites is 2. The summed E-state index contributed by atoms with van der Waals surface area (Å²) in [5.41, 5.74) is -0.407. The van der Waals surface area contributed by atoms with Crippen LogP contribution < -0.4 is 10.9 Å². The van der Waals surface area contributed by atoms with Crippen LogP contribution >= 0.6 is 0 Å².